The first-order chi connectivity index (χ1) is 8.56. The summed E-state index contributed by atoms with van der Waals surface area (Å²) in [7, 11) is 0. The molecule has 0 N–H and O–H groups in total. The van der Waals surface area contributed by atoms with E-state index in [9.17, 15) is 0 Å². The third-order valence-electron chi connectivity index (χ3n) is 3.11. The maximum atomic E-state index is 6.03. The molecule has 0 radical (unpaired) electrons. The second kappa shape index (κ2) is 5.90. The van der Waals surface area contributed by atoms with Crippen molar-refractivity contribution in [2.24, 2.45) is 0 Å². The first kappa shape index (κ1) is 13.6. The summed E-state index contributed by atoms with van der Waals surface area (Å²) in [5.74, 6) is 0. The second-order valence-corrected chi connectivity index (χ2v) is 6.20. The van der Waals surface area contributed by atoms with Crippen molar-refractivity contribution in [1.29, 1.82) is 0 Å². The lowest BCUT2D eigenvalue weighted by atomic mass is 9.99. The van der Waals surface area contributed by atoms with Crippen LogP contribution in [0, 0.1) is 13.8 Å². The standard InChI is InChI=1S/C16H16BrCl/c1-11-6-7-12(2)14(8-11)10-16(17)13-4-3-5-15(18)9-13/h3-9,16H,10H2,1-2H3. The molecule has 2 rings (SSSR count). The van der Waals surface area contributed by atoms with Gasteiger partial charge >= 0.3 is 0 Å². The van der Waals surface area contributed by atoms with Crippen molar-refractivity contribution in [2.45, 2.75) is 25.1 Å². The van der Waals surface area contributed by atoms with Crippen LogP contribution >= 0.6 is 27.5 Å². The second-order valence-electron chi connectivity index (χ2n) is 4.66. The summed E-state index contributed by atoms with van der Waals surface area (Å²) in [5.41, 5.74) is 5.26. The van der Waals surface area contributed by atoms with E-state index in [0.717, 1.165) is 11.4 Å². The molecule has 18 heavy (non-hydrogen) atoms. The normalized spacial score (nSPS) is 12.4. The van der Waals surface area contributed by atoms with Gasteiger partial charge in [0.25, 0.3) is 0 Å². The average Bonchev–Trinajstić information content (AvgIpc) is 2.34. The number of aryl methyl sites for hydroxylation is 2. The van der Waals surface area contributed by atoms with Crippen LogP contribution in [0.4, 0.5) is 0 Å². The van der Waals surface area contributed by atoms with E-state index in [1.54, 1.807) is 0 Å². The highest BCUT2D eigenvalue weighted by atomic mass is 79.9. The van der Waals surface area contributed by atoms with Gasteiger partial charge in [0.2, 0.25) is 0 Å². The summed E-state index contributed by atoms with van der Waals surface area (Å²) in [6, 6.07) is 14.6. The molecule has 0 aliphatic rings. The van der Waals surface area contributed by atoms with Crippen LogP contribution in [0.15, 0.2) is 42.5 Å². The molecular weight excluding hydrogens is 308 g/mol. The van der Waals surface area contributed by atoms with Gasteiger partial charge in [0.1, 0.15) is 0 Å². The Balaban J connectivity index is 2.21. The van der Waals surface area contributed by atoms with Crippen molar-refractivity contribution in [3.05, 3.63) is 69.7 Å². The summed E-state index contributed by atoms with van der Waals surface area (Å²) in [4.78, 5) is 0.302. The van der Waals surface area contributed by atoms with Crippen molar-refractivity contribution in [3.8, 4) is 0 Å². The molecule has 94 valence electrons. The number of rotatable bonds is 3. The fourth-order valence-electron chi connectivity index (χ4n) is 2.03. The molecule has 0 fully saturated rings. The predicted molar refractivity (Wildman–Crippen MR) is 82.7 cm³/mol. The Morgan fingerprint density at radius 2 is 1.89 bits per heavy atom. The van der Waals surface area contributed by atoms with Gasteiger partial charge in [-0.05, 0) is 49.1 Å². The van der Waals surface area contributed by atoms with Crippen LogP contribution in [-0.2, 0) is 6.42 Å². The van der Waals surface area contributed by atoms with Crippen LogP contribution in [-0.4, -0.2) is 0 Å². The molecule has 2 aromatic rings. The lowest BCUT2D eigenvalue weighted by Gasteiger charge is -2.13. The van der Waals surface area contributed by atoms with Crippen molar-refractivity contribution >= 4 is 27.5 Å². The van der Waals surface area contributed by atoms with E-state index in [1.807, 2.05) is 18.2 Å². The highest BCUT2D eigenvalue weighted by Gasteiger charge is 2.10. The third kappa shape index (κ3) is 3.37. The molecule has 0 bridgehead atoms. The van der Waals surface area contributed by atoms with E-state index < -0.39 is 0 Å². The Labute approximate surface area is 122 Å². The largest absolute Gasteiger partial charge is 0.0843 e. The van der Waals surface area contributed by atoms with Crippen molar-refractivity contribution < 1.29 is 0 Å². The Hall–Kier alpha value is -0.790. The zero-order chi connectivity index (χ0) is 13.1. The molecule has 0 saturated carbocycles. The lowest BCUT2D eigenvalue weighted by molar-refractivity contribution is 0.936. The summed E-state index contributed by atoms with van der Waals surface area (Å²) < 4.78 is 0. The molecule has 2 heteroatoms. The fourth-order valence-corrected chi connectivity index (χ4v) is 2.86. The SMILES string of the molecule is Cc1ccc(C)c(CC(Br)c2cccc(Cl)c2)c1. The summed E-state index contributed by atoms with van der Waals surface area (Å²) in [6.07, 6.45) is 0.980. The van der Waals surface area contributed by atoms with E-state index in [1.165, 1.54) is 22.3 Å². The van der Waals surface area contributed by atoms with Gasteiger partial charge in [-0.15, -0.1) is 0 Å². The van der Waals surface area contributed by atoms with Crippen molar-refractivity contribution in [2.75, 3.05) is 0 Å². The van der Waals surface area contributed by atoms with Crippen LogP contribution in [0.1, 0.15) is 27.1 Å². The Morgan fingerprint density at radius 1 is 1.11 bits per heavy atom. The minimum absolute atomic E-state index is 0.302. The van der Waals surface area contributed by atoms with E-state index in [4.69, 9.17) is 11.6 Å². The van der Waals surface area contributed by atoms with Gasteiger partial charge in [-0.25, -0.2) is 0 Å². The highest BCUT2D eigenvalue weighted by Crippen LogP contribution is 2.29. The smallest absolute Gasteiger partial charge is 0.0436 e. The van der Waals surface area contributed by atoms with Crippen molar-refractivity contribution in [3.63, 3.8) is 0 Å². The summed E-state index contributed by atoms with van der Waals surface area (Å²) >= 11 is 9.78. The number of hydrogen-bond acceptors (Lipinski definition) is 0. The van der Waals surface area contributed by atoms with Crippen LogP contribution < -0.4 is 0 Å². The molecule has 0 nitrogen and oxygen atoms in total. The Bertz CT molecular complexity index is 549. The van der Waals surface area contributed by atoms with Crippen LogP contribution in [0.5, 0.6) is 0 Å². The fraction of sp³-hybridized carbons (Fsp3) is 0.250. The molecular formula is C16H16BrCl. The zero-order valence-electron chi connectivity index (χ0n) is 10.6. The van der Waals surface area contributed by atoms with E-state index in [2.05, 4.69) is 54.0 Å². The van der Waals surface area contributed by atoms with Gasteiger partial charge in [-0.1, -0.05) is 63.4 Å². The molecule has 1 atom stereocenters. The molecule has 0 aromatic heterocycles. The number of halogens is 2. The van der Waals surface area contributed by atoms with Gasteiger partial charge in [-0.3, -0.25) is 0 Å². The molecule has 0 aliphatic heterocycles. The predicted octanol–water partition coefficient (Wildman–Crippen LogP) is 5.64. The number of benzene rings is 2. The third-order valence-corrected chi connectivity index (χ3v) is 4.20. The zero-order valence-corrected chi connectivity index (χ0v) is 12.9. The van der Waals surface area contributed by atoms with Gasteiger partial charge in [-0.2, -0.15) is 0 Å². The van der Waals surface area contributed by atoms with E-state index in [-0.39, 0.29) is 0 Å². The minimum Gasteiger partial charge on any atom is -0.0843 e. The monoisotopic (exact) mass is 322 g/mol. The first-order valence-electron chi connectivity index (χ1n) is 6.02. The maximum absolute atomic E-state index is 6.03. The van der Waals surface area contributed by atoms with Gasteiger partial charge in [0.05, 0.1) is 0 Å². The Morgan fingerprint density at radius 3 is 2.61 bits per heavy atom. The minimum atomic E-state index is 0.302. The first-order valence-corrected chi connectivity index (χ1v) is 7.31. The quantitative estimate of drug-likeness (QED) is 0.642. The summed E-state index contributed by atoms with van der Waals surface area (Å²) in [5, 5.41) is 0.790. The molecule has 0 aliphatic carbocycles. The lowest BCUT2D eigenvalue weighted by Crippen LogP contribution is -1.98. The van der Waals surface area contributed by atoms with Gasteiger partial charge in [0, 0.05) is 9.85 Å². The number of hydrogen-bond donors (Lipinski definition) is 0. The average molecular weight is 324 g/mol. The molecule has 0 saturated heterocycles. The van der Waals surface area contributed by atoms with Crippen molar-refractivity contribution in [1.82, 2.24) is 0 Å². The van der Waals surface area contributed by atoms with E-state index >= 15 is 0 Å². The van der Waals surface area contributed by atoms with Crippen LogP contribution in [0.3, 0.4) is 0 Å². The molecule has 0 heterocycles. The van der Waals surface area contributed by atoms with Gasteiger partial charge in [0.15, 0.2) is 0 Å². The van der Waals surface area contributed by atoms with Crippen LogP contribution in [0.25, 0.3) is 0 Å². The molecule has 2 aromatic carbocycles. The highest BCUT2D eigenvalue weighted by molar-refractivity contribution is 9.09. The van der Waals surface area contributed by atoms with Gasteiger partial charge < -0.3 is 0 Å². The number of alkyl halides is 1. The van der Waals surface area contributed by atoms with Crippen LogP contribution in [0.2, 0.25) is 5.02 Å². The maximum Gasteiger partial charge on any atom is 0.0436 e. The molecule has 0 spiro atoms. The topological polar surface area (TPSA) is 0 Å². The van der Waals surface area contributed by atoms with E-state index in [0.29, 0.717) is 4.83 Å². The summed E-state index contributed by atoms with van der Waals surface area (Å²) in [6.45, 7) is 4.29. The molecule has 1 unspecified atom stereocenters. The Kier molecular flexibility index (Phi) is 4.47. The molecule has 0 amide bonds.